The van der Waals surface area contributed by atoms with Crippen molar-refractivity contribution < 1.29 is 4.52 Å². The summed E-state index contributed by atoms with van der Waals surface area (Å²) in [4.78, 5) is 18.2. The minimum atomic E-state index is 0.141. The number of fused-ring (bicyclic) bond motifs is 1. The summed E-state index contributed by atoms with van der Waals surface area (Å²) in [6, 6.07) is 2.36. The van der Waals surface area contributed by atoms with E-state index in [4.69, 9.17) is 4.52 Å². The average Bonchev–Trinajstić information content (AvgIpc) is 3.30. The van der Waals surface area contributed by atoms with Gasteiger partial charge in [0.2, 0.25) is 5.89 Å². The van der Waals surface area contributed by atoms with E-state index in [9.17, 15) is 0 Å². The molecule has 0 bridgehead atoms. The Kier molecular flexibility index (Phi) is 3.72. The molecule has 1 atom stereocenters. The minimum absolute atomic E-state index is 0.141. The first-order valence-electron chi connectivity index (χ1n) is 8.12. The van der Waals surface area contributed by atoms with Gasteiger partial charge in [0.25, 0.3) is 0 Å². The first kappa shape index (κ1) is 14.6. The maximum Gasteiger partial charge on any atom is 0.226 e. The highest BCUT2D eigenvalue weighted by Gasteiger charge is 2.32. The van der Waals surface area contributed by atoms with Gasteiger partial charge >= 0.3 is 0 Å². The molecule has 23 heavy (non-hydrogen) atoms. The van der Waals surface area contributed by atoms with Gasteiger partial charge in [-0.05, 0) is 25.3 Å². The minimum Gasteiger partial charge on any atom is -0.346 e. The maximum absolute atomic E-state index is 5.30. The van der Waals surface area contributed by atoms with Crippen LogP contribution < -0.4 is 4.90 Å². The number of thiophene rings is 1. The van der Waals surface area contributed by atoms with E-state index in [1.807, 2.05) is 6.92 Å². The molecule has 4 rings (SSSR count). The molecule has 1 aliphatic rings. The average molecular weight is 329 g/mol. The Hall–Kier alpha value is -2.02. The molecule has 7 heteroatoms. The van der Waals surface area contributed by atoms with Gasteiger partial charge in [-0.15, -0.1) is 11.3 Å². The molecule has 1 aliphatic heterocycles. The van der Waals surface area contributed by atoms with E-state index >= 15 is 0 Å². The zero-order chi connectivity index (χ0) is 15.8. The molecule has 0 aromatic carbocycles. The summed E-state index contributed by atoms with van der Waals surface area (Å²) in [6.45, 7) is 5.15. The summed E-state index contributed by atoms with van der Waals surface area (Å²) in [5, 5.41) is 5.32. The molecule has 1 saturated heterocycles. The molecule has 0 aliphatic carbocycles. The first-order valence-corrected chi connectivity index (χ1v) is 8.94. The van der Waals surface area contributed by atoms with Crippen molar-refractivity contribution in [2.75, 3.05) is 11.4 Å². The van der Waals surface area contributed by atoms with Gasteiger partial charge in [-0.1, -0.05) is 19.0 Å². The van der Waals surface area contributed by atoms with Gasteiger partial charge in [-0.2, -0.15) is 4.98 Å². The van der Waals surface area contributed by atoms with Crippen LogP contribution in [0, 0.1) is 0 Å². The van der Waals surface area contributed by atoms with Crippen LogP contribution in [0.15, 0.2) is 16.9 Å². The van der Waals surface area contributed by atoms with Crippen LogP contribution in [-0.2, 0) is 12.8 Å². The SMILES string of the molecule is CCc1nc([C@@H]2CCCN2c2ncnc3sc(CC)cc23)no1. The van der Waals surface area contributed by atoms with Gasteiger partial charge in [0.05, 0.1) is 11.4 Å². The Morgan fingerprint density at radius 3 is 3.00 bits per heavy atom. The van der Waals surface area contributed by atoms with Crippen LogP contribution in [0.1, 0.15) is 49.3 Å². The highest BCUT2D eigenvalue weighted by Crippen LogP contribution is 2.38. The number of hydrogen-bond acceptors (Lipinski definition) is 7. The summed E-state index contributed by atoms with van der Waals surface area (Å²) in [5.74, 6) is 2.47. The van der Waals surface area contributed by atoms with Crippen LogP contribution in [-0.4, -0.2) is 26.7 Å². The number of nitrogens with zero attached hydrogens (tertiary/aromatic N) is 5. The smallest absolute Gasteiger partial charge is 0.226 e. The van der Waals surface area contributed by atoms with Crippen molar-refractivity contribution in [2.24, 2.45) is 0 Å². The van der Waals surface area contributed by atoms with Crippen molar-refractivity contribution in [1.82, 2.24) is 20.1 Å². The molecular formula is C16H19N5OS. The Bertz CT molecular complexity index is 827. The second-order valence-corrected chi connectivity index (χ2v) is 6.85. The van der Waals surface area contributed by atoms with E-state index in [2.05, 4.69) is 38.0 Å². The van der Waals surface area contributed by atoms with E-state index in [1.165, 1.54) is 4.88 Å². The third-order valence-corrected chi connectivity index (χ3v) is 5.50. The van der Waals surface area contributed by atoms with Gasteiger partial charge in [0.1, 0.15) is 17.0 Å². The molecular weight excluding hydrogens is 310 g/mol. The van der Waals surface area contributed by atoms with Crippen molar-refractivity contribution in [3.05, 3.63) is 29.0 Å². The van der Waals surface area contributed by atoms with Crippen LogP contribution in [0.5, 0.6) is 0 Å². The van der Waals surface area contributed by atoms with Gasteiger partial charge < -0.3 is 9.42 Å². The number of aromatic nitrogens is 4. The van der Waals surface area contributed by atoms with E-state index in [-0.39, 0.29) is 6.04 Å². The third kappa shape index (κ3) is 2.49. The Balaban J connectivity index is 1.75. The van der Waals surface area contributed by atoms with Gasteiger partial charge in [-0.25, -0.2) is 9.97 Å². The summed E-state index contributed by atoms with van der Waals surface area (Å²) in [7, 11) is 0. The number of hydrogen-bond donors (Lipinski definition) is 0. The molecule has 0 spiro atoms. The molecule has 0 radical (unpaired) electrons. The summed E-state index contributed by atoms with van der Waals surface area (Å²) < 4.78 is 5.30. The zero-order valence-corrected chi connectivity index (χ0v) is 14.1. The lowest BCUT2D eigenvalue weighted by atomic mass is 10.2. The Morgan fingerprint density at radius 2 is 2.22 bits per heavy atom. The van der Waals surface area contributed by atoms with Crippen molar-refractivity contribution in [1.29, 1.82) is 0 Å². The first-order chi connectivity index (χ1) is 11.3. The largest absolute Gasteiger partial charge is 0.346 e. The Morgan fingerprint density at radius 1 is 1.30 bits per heavy atom. The number of aryl methyl sites for hydroxylation is 2. The number of anilines is 1. The molecule has 0 amide bonds. The van der Waals surface area contributed by atoms with E-state index in [1.54, 1.807) is 17.7 Å². The van der Waals surface area contributed by atoms with Crippen molar-refractivity contribution in [3.8, 4) is 0 Å². The predicted octanol–water partition coefficient (Wildman–Crippen LogP) is 3.54. The van der Waals surface area contributed by atoms with E-state index in [0.29, 0.717) is 5.89 Å². The molecule has 0 saturated carbocycles. The summed E-state index contributed by atoms with van der Waals surface area (Å²) >= 11 is 1.75. The molecule has 0 N–H and O–H groups in total. The molecule has 120 valence electrons. The fourth-order valence-corrected chi connectivity index (χ4v) is 4.06. The fourth-order valence-electron chi connectivity index (χ4n) is 3.13. The topological polar surface area (TPSA) is 67.9 Å². The molecule has 6 nitrogen and oxygen atoms in total. The summed E-state index contributed by atoms with van der Waals surface area (Å²) in [6.07, 6.45) is 5.59. The molecule has 3 aromatic rings. The maximum atomic E-state index is 5.30. The molecule has 0 unspecified atom stereocenters. The lowest BCUT2D eigenvalue weighted by Crippen LogP contribution is -2.24. The van der Waals surface area contributed by atoms with Crippen LogP contribution in [0.3, 0.4) is 0 Å². The second kappa shape index (κ2) is 5.88. The van der Waals surface area contributed by atoms with E-state index in [0.717, 1.165) is 54.1 Å². The van der Waals surface area contributed by atoms with Crippen molar-refractivity contribution in [3.63, 3.8) is 0 Å². The van der Waals surface area contributed by atoms with Crippen LogP contribution >= 0.6 is 11.3 Å². The predicted molar refractivity (Wildman–Crippen MR) is 89.8 cm³/mol. The van der Waals surface area contributed by atoms with Gasteiger partial charge in [-0.3, -0.25) is 0 Å². The summed E-state index contributed by atoms with van der Waals surface area (Å²) in [5.41, 5.74) is 0. The van der Waals surface area contributed by atoms with Crippen LogP contribution in [0.2, 0.25) is 0 Å². The van der Waals surface area contributed by atoms with E-state index < -0.39 is 0 Å². The lowest BCUT2D eigenvalue weighted by Gasteiger charge is -2.23. The van der Waals surface area contributed by atoms with Crippen LogP contribution in [0.25, 0.3) is 10.2 Å². The van der Waals surface area contributed by atoms with Gasteiger partial charge in [0.15, 0.2) is 5.82 Å². The molecule has 3 aromatic heterocycles. The van der Waals surface area contributed by atoms with Crippen molar-refractivity contribution >= 4 is 27.4 Å². The Labute approximate surface area is 138 Å². The lowest BCUT2D eigenvalue weighted by molar-refractivity contribution is 0.373. The zero-order valence-electron chi connectivity index (χ0n) is 13.3. The molecule has 4 heterocycles. The third-order valence-electron chi connectivity index (χ3n) is 4.32. The monoisotopic (exact) mass is 329 g/mol. The normalized spacial score (nSPS) is 18.2. The quantitative estimate of drug-likeness (QED) is 0.729. The standard InChI is InChI=1S/C16H19N5OS/c1-3-10-8-11-15(17-9-18-16(11)23-10)21-7-5-6-12(21)14-19-13(4-2)22-20-14/h8-9,12H,3-7H2,1-2H3/t12-/m0/s1. The van der Waals surface area contributed by atoms with Gasteiger partial charge in [0, 0.05) is 17.8 Å². The second-order valence-electron chi connectivity index (χ2n) is 5.73. The highest BCUT2D eigenvalue weighted by atomic mass is 32.1. The van der Waals surface area contributed by atoms with Crippen LogP contribution in [0.4, 0.5) is 5.82 Å². The van der Waals surface area contributed by atoms with Crippen molar-refractivity contribution in [2.45, 2.75) is 45.6 Å². The highest BCUT2D eigenvalue weighted by molar-refractivity contribution is 7.18. The number of rotatable bonds is 4. The fraction of sp³-hybridized carbons (Fsp3) is 0.500. The molecule has 1 fully saturated rings.